The van der Waals surface area contributed by atoms with Crippen LogP contribution in [0.3, 0.4) is 0 Å². The SMILES string of the molecule is CCCOc1nc(Oc2ccccc2F)nc2oc(-c3cc(C)cc(C)c3)nc12. The van der Waals surface area contributed by atoms with Crippen molar-refractivity contribution < 1.29 is 18.3 Å². The normalized spacial score (nSPS) is 11.0. The number of benzene rings is 2. The first-order valence-electron chi connectivity index (χ1n) is 9.36. The van der Waals surface area contributed by atoms with Crippen molar-refractivity contribution in [2.75, 3.05) is 6.61 Å². The highest BCUT2D eigenvalue weighted by Gasteiger charge is 2.19. The van der Waals surface area contributed by atoms with Crippen molar-refractivity contribution in [1.82, 2.24) is 15.0 Å². The summed E-state index contributed by atoms with van der Waals surface area (Å²) in [5, 5.41) is 0. The number of rotatable bonds is 6. The predicted molar refractivity (Wildman–Crippen MR) is 107 cm³/mol. The van der Waals surface area contributed by atoms with Crippen molar-refractivity contribution in [1.29, 1.82) is 0 Å². The fourth-order valence-corrected chi connectivity index (χ4v) is 2.97. The van der Waals surface area contributed by atoms with Gasteiger partial charge in [0.15, 0.2) is 17.1 Å². The van der Waals surface area contributed by atoms with Crippen LogP contribution >= 0.6 is 0 Å². The molecule has 0 aliphatic carbocycles. The molecule has 0 saturated carbocycles. The van der Waals surface area contributed by atoms with E-state index in [0.29, 0.717) is 18.0 Å². The number of nitrogens with zero attached hydrogens (tertiary/aromatic N) is 3. The van der Waals surface area contributed by atoms with Crippen molar-refractivity contribution in [2.24, 2.45) is 0 Å². The lowest BCUT2D eigenvalue weighted by Gasteiger charge is -2.07. The van der Waals surface area contributed by atoms with Crippen LogP contribution in [0.15, 0.2) is 46.9 Å². The molecule has 0 saturated heterocycles. The predicted octanol–water partition coefficient (Wildman–Crippen LogP) is 5.62. The van der Waals surface area contributed by atoms with Gasteiger partial charge in [-0.15, -0.1) is 0 Å². The zero-order valence-electron chi connectivity index (χ0n) is 16.4. The molecule has 0 radical (unpaired) electrons. The Labute approximate surface area is 167 Å². The van der Waals surface area contributed by atoms with E-state index in [9.17, 15) is 4.39 Å². The van der Waals surface area contributed by atoms with E-state index in [0.717, 1.165) is 23.1 Å². The molecule has 4 aromatic rings. The first kappa shape index (κ1) is 18.9. The lowest BCUT2D eigenvalue weighted by atomic mass is 10.1. The smallest absolute Gasteiger partial charge is 0.328 e. The van der Waals surface area contributed by atoms with Crippen molar-refractivity contribution >= 4 is 11.2 Å². The maximum Gasteiger partial charge on any atom is 0.328 e. The third-order valence-electron chi connectivity index (χ3n) is 4.16. The zero-order chi connectivity index (χ0) is 20.4. The molecule has 0 aliphatic heterocycles. The number of fused-ring (bicyclic) bond motifs is 1. The first-order valence-corrected chi connectivity index (χ1v) is 9.36. The van der Waals surface area contributed by atoms with E-state index >= 15 is 0 Å². The summed E-state index contributed by atoms with van der Waals surface area (Å²) in [4.78, 5) is 13.1. The molecule has 2 heterocycles. The van der Waals surface area contributed by atoms with Gasteiger partial charge in [-0.1, -0.05) is 36.2 Å². The van der Waals surface area contributed by atoms with Crippen molar-refractivity contribution in [2.45, 2.75) is 27.2 Å². The summed E-state index contributed by atoms with van der Waals surface area (Å²) >= 11 is 0. The van der Waals surface area contributed by atoms with Gasteiger partial charge >= 0.3 is 6.01 Å². The quantitative estimate of drug-likeness (QED) is 0.423. The zero-order valence-corrected chi connectivity index (χ0v) is 16.4. The molecule has 0 unspecified atom stereocenters. The van der Waals surface area contributed by atoms with E-state index in [1.165, 1.54) is 12.1 Å². The standard InChI is InChI=1S/C22H20FN3O3/c1-4-9-27-20-18-21(26-22(25-20)28-17-8-6-5-7-16(17)23)29-19(24-18)15-11-13(2)10-14(3)12-15/h5-8,10-12H,4,9H2,1-3H3. The number of hydrogen-bond acceptors (Lipinski definition) is 6. The minimum Gasteiger partial charge on any atom is -0.476 e. The molecule has 7 heteroatoms. The van der Waals surface area contributed by atoms with E-state index in [4.69, 9.17) is 13.9 Å². The molecule has 148 valence electrons. The highest BCUT2D eigenvalue weighted by molar-refractivity contribution is 5.78. The van der Waals surface area contributed by atoms with Crippen LogP contribution in [0.4, 0.5) is 4.39 Å². The van der Waals surface area contributed by atoms with E-state index in [1.807, 2.05) is 32.9 Å². The average Bonchev–Trinajstić information content (AvgIpc) is 3.11. The Hall–Kier alpha value is -3.48. The number of halogens is 1. The Morgan fingerprint density at radius 1 is 1.00 bits per heavy atom. The van der Waals surface area contributed by atoms with Crippen molar-refractivity contribution in [3.8, 4) is 29.1 Å². The van der Waals surface area contributed by atoms with Gasteiger partial charge in [-0.05, 0) is 44.5 Å². The topological polar surface area (TPSA) is 70.3 Å². The fourth-order valence-electron chi connectivity index (χ4n) is 2.97. The van der Waals surface area contributed by atoms with Crippen LogP contribution in [-0.2, 0) is 0 Å². The van der Waals surface area contributed by atoms with Crippen LogP contribution in [0.5, 0.6) is 17.6 Å². The Morgan fingerprint density at radius 2 is 1.76 bits per heavy atom. The molecule has 2 aromatic heterocycles. The lowest BCUT2D eigenvalue weighted by molar-refractivity contribution is 0.301. The second-order valence-electron chi connectivity index (χ2n) is 6.74. The summed E-state index contributed by atoms with van der Waals surface area (Å²) in [5.41, 5.74) is 3.64. The molecule has 0 aliphatic rings. The van der Waals surface area contributed by atoms with Gasteiger partial charge in [0, 0.05) is 5.56 Å². The number of para-hydroxylation sites is 1. The summed E-state index contributed by atoms with van der Waals surface area (Å²) in [6.45, 7) is 6.44. The van der Waals surface area contributed by atoms with Crippen LogP contribution in [0.1, 0.15) is 24.5 Å². The highest BCUT2D eigenvalue weighted by Crippen LogP contribution is 2.32. The minimum absolute atomic E-state index is 0.0161. The summed E-state index contributed by atoms with van der Waals surface area (Å²) in [5.74, 6) is 0.149. The highest BCUT2D eigenvalue weighted by atomic mass is 19.1. The fraction of sp³-hybridized carbons (Fsp3) is 0.227. The molecule has 4 rings (SSSR count). The van der Waals surface area contributed by atoms with Gasteiger partial charge in [-0.3, -0.25) is 0 Å². The molecule has 0 bridgehead atoms. The molecule has 0 atom stereocenters. The summed E-state index contributed by atoms with van der Waals surface area (Å²) in [6.07, 6.45) is 0.788. The summed E-state index contributed by atoms with van der Waals surface area (Å²) in [7, 11) is 0. The number of ether oxygens (including phenoxy) is 2. The maximum atomic E-state index is 13.9. The molecule has 0 amide bonds. The van der Waals surface area contributed by atoms with Crippen LogP contribution in [-0.4, -0.2) is 21.6 Å². The summed E-state index contributed by atoms with van der Waals surface area (Å²) in [6, 6.07) is 12.0. The van der Waals surface area contributed by atoms with Crippen LogP contribution < -0.4 is 9.47 Å². The third-order valence-corrected chi connectivity index (χ3v) is 4.16. The Bertz CT molecular complexity index is 1150. The molecule has 0 spiro atoms. The molecule has 6 nitrogen and oxygen atoms in total. The number of aromatic nitrogens is 3. The summed E-state index contributed by atoms with van der Waals surface area (Å²) < 4.78 is 31.1. The monoisotopic (exact) mass is 393 g/mol. The molecule has 0 fully saturated rings. The largest absolute Gasteiger partial charge is 0.476 e. The third kappa shape index (κ3) is 4.03. The number of oxazole rings is 1. The van der Waals surface area contributed by atoms with Gasteiger partial charge in [-0.2, -0.15) is 9.97 Å². The Morgan fingerprint density at radius 3 is 2.48 bits per heavy atom. The van der Waals surface area contributed by atoms with Crippen molar-refractivity contribution in [3.63, 3.8) is 0 Å². The second-order valence-corrected chi connectivity index (χ2v) is 6.74. The second kappa shape index (κ2) is 7.87. The van der Waals surface area contributed by atoms with E-state index in [-0.39, 0.29) is 23.4 Å². The molecule has 29 heavy (non-hydrogen) atoms. The van der Waals surface area contributed by atoms with Gasteiger partial charge in [0.1, 0.15) is 0 Å². The van der Waals surface area contributed by atoms with Crippen LogP contribution in [0.25, 0.3) is 22.7 Å². The molecule has 2 aromatic carbocycles. The molecule has 0 N–H and O–H groups in total. The van der Waals surface area contributed by atoms with E-state index < -0.39 is 5.82 Å². The van der Waals surface area contributed by atoms with Crippen LogP contribution in [0, 0.1) is 19.7 Å². The minimum atomic E-state index is -0.513. The molecular formula is C22H20FN3O3. The average molecular weight is 393 g/mol. The number of hydrogen-bond donors (Lipinski definition) is 0. The lowest BCUT2D eigenvalue weighted by Crippen LogP contribution is -2.01. The van der Waals surface area contributed by atoms with Gasteiger partial charge in [-0.25, -0.2) is 9.37 Å². The first-order chi connectivity index (χ1) is 14.0. The van der Waals surface area contributed by atoms with Gasteiger partial charge in [0.25, 0.3) is 11.6 Å². The Balaban J connectivity index is 1.79. The van der Waals surface area contributed by atoms with Gasteiger partial charge in [0.2, 0.25) is 5.89 Å². The molecular weight excluding hydrogens is 373 g/mol. The van der Waals surface area contributed by atoms with E-state index in [1.54, 1.807) is 12.1 Å². The Kier molecular flexibility index (Phi) is 5.12. The van der Waals surface area contributed by atoms with Crippen LogP contribution in [0.2, 0.25) is 0 Å². The van der Waals surface area contributed by atoms with E-state index in [2.05, 4.69) is 21.0 Å². The van der Waals surface area contributed by atoms with Crippen molar-refractivity contribution in [3.05, 3.63) is 59.4 Å². The number of aryl methyl sites for hydroxylation is 2. The van der Waals surface area contributed by atoms with Gasteiger partial charge < -0.3 is 13.9 Å². The maximum absolute atomic E-state index is 13.9. The van der Waals surface area contributed by atoms with Gasteiger partial charge in [0.05, 0.1) is 6.61 Å².